The van der Waals surface area contributed by atoms with Crippen molar-refractivity contribution in [3.05, 3.63) is 29.3 Å². The van der Waals surface area contributed by atoms with E-state index in [2.05, 4.69) is 30.0 Å². The van der Waals surface area contributed by atoms with Crippen LogP contribution in [0.1, 0.15) is 17.5 Å². The Bertz CT molecular complexity index is 431. The van der Waals surface area contributed by atoms with Crippen molar-refractivity contribution in [3.63, 3.8) is 0 Å². The first-order valence-electron chi connectivity index (χ1n) is 5.95. The molecule has 0 bridgehead atoms. The Kier molecular flexibility index (Phi) is 3.33. The van der Waals surface area contributed by atoms with Gasteiger partial charge in [0.2, 0.25) is 5.91 Å². The van der Waals surface area contributed by atoms with E-state index in [-0.39, 0.29) is 11.8 Å². The third kappa shape index (κ3) is 2.42. The minimum absolute atomic E-state index is 0.00973. The average molecular weight is 233 g/mol. The van der Waals surface area contributed by atoms with Crippen molar-refractivity contribution in [1.82, 2.24) is 0 Å². The molecule has 92 valence electrons. The van der Waals surface area contributed by atoms with E-state index in [0.29, 0.717) is 6.54 Å². The number of hydrogen-bond acceptors (Lipinski definition) is 3. The van der Waals surface area contributed by atoms with E-state index in [9.17, 15) is 4.79 Å². The molecule has 0 spiro atoms. The smallest absolute Gasteiger partial charge is 0.222 e. The van der Waals surface area contributed by atoms with Crippen LogP contribution in [0.4, 0.5) is 5.69 Å². The van der Waals surface area contributed by atoms with Crippen molar-refractivity contribution in [3.8, 4) is 0 Å². The molecule has 1 fully saturated rings. The highest BCUT2D eigenvalue weighted by Crippen LogP contribution is 2.25. The minimum atomic E-state index is -0.192. The lowest BCUT2D eigenvalue weighted by atomic mass is 10.1. The van der Waals surface area contributed by atoms with E-state index in [1.807, 2.05) is 0 Å². The number of anilines is 1. The molecule has 4 heteroatoms. The van der Waals surface area contributed by atoms with Crippen molar-refractivity contribution in [1.29, 1.82) is 0 Å². The summed E-state index contributed by atoms with van der Waals surface area (Å²) in [5.41, 5.74) is 14.5. The molecule has 1 saturated heterocycles. The molecule has 2 rings (SSSR count). The summed E-state index contributed by atoms with van der Waals surface area (Å²) < 4.78 is 0. The summed E-state index contributed by atoms with van der Waals surface area (Å²) in [4.78, 5) is 13.3. The largest absolute Gasteiger partial charge is 0.371 e. The topological polar surface area (TPSA) is 72.3 Å². The third-order valence-electron chi connectivity index (χ3n) is 3.50. The maximum atomic E-state index is 11.1. The van der Waals surface area contributed by atoms with Gasteiger partial charge in [-0.3, -0.25) is 4.79 Å². The zero-order chi connectivity index (χ0) is 12.4. The summed E-state index contributed by atoms with van der Waals surface area (Å²) in [5, 5.41) is 0. The Balaban J connectivity index is 2.14. The Hall–Kier alpha value is -1.55. The number of nitrogens with two attached hydrogens (primary N) is 2. The summed E-state index contributed by atoms with van der Waals surface area (Å²) in [6, 6.07) is 6.26. The normalized spacial score (nSPS) is 19.6. The van der Waals surface area contributed by atoms with Crippen LogP contribution in [-0.4, -0.2) is 19.0 Å². The lowest BCUT2D eigenvalue weighted by molar-refractivity contribution is -0.121. The summed E-state index contributed by atoms with van der Waals surface area (Å²) in [6.45, 7) is 4.26. The van der Waals surface area contributed by atoms with E-state index < -0.39 is 0 Å². The quantitative estimate of drug-likeness (QED) is 0.809. The number of amides is 1. The van der Waals surface area contributed by atoms with Crippen LogP contribution >= 0.6 is 0 Å². The molecule has 0 aromatic heterocycles. The summed E-state index contributed by atoms with van der Waals surface area (Å²) in [5.74, 6) is -0.202. The molecule has 4 N–H and O–H groups in total. The fraction of sp³-hybridized carbons (Fsp3) is 0.462. The van der Waals surface area contributed by atoms with Gasteiger partial charge in [0.15, 0.2) is 0 Å². The number of rotatable bonds is 3. The highest BCUT2D eigenvalue weighted by molar-refractivity contribution is 5.78. The Morgan fingerprint density at radius 3 is 2.82 bits per heavy atom. The van der Waals surface area contributed by atoms with Crippen molar-refractivity contribution in [2.75, 3.05) is 18.0 Å². The molecule has 1 aromatic carbocycles. The molecule has 1 aliphatic heterocycles. The molecule has 1 atom stereocenters. The molecule has 17 heavy (non-hydrogen) atoms. The molecular formula is C13H19N3O. The van der Waals surface area contributed by atoms with Crippen LogP contribution in [0.3, 0.4) is 0 Å². The van der Waals surface area contributed by atoms with E-state index in [1.165, 1.54) is 11.1 Å². The van der Waals surface area contributed by atoms with Gasteiger partial charge in [-0.2, -0.15) is 0 Å². The maximum Gasteiger partial charge on any atom is 0.222 e. The number of carbonyl (C=O) groups is 1. The van der Waals surface area contributed by atoms with Gasteiger partial charge in [-0.1, -0.05) is 6.07 Å². The van der Waals surface area contributed by atoms with Gasteiger partial charge in [0.25, 0.3) is 0 Å². The van der Waals surface area contributed by atoms with Crippen molar-refractivity contribution in [2.45, 2.75) is 19.9 Å². The van der Waals surface area contributed by atoms with Gasteiger partial charge in [-0.05, 0) is 36.6 Å². The van der Waals surface area contributed by atoms with Crippen molar-refractivity contribution >= 4 is 11.6 Å². The fourth-order valence-electron chi connectivity index (χ4n) is 2.33. The molecule has 1 heterocycles. The van der Waals surface area contributed by atoms with Gasteiger partial charge in [-0.25, -0.2) is 0 Å². The molecule has 4 nitrogen and oxygen atoms in total. The average Bonchev–Trinajstić information content (AvgIpc) is 2.78. The van der Waals surface area contributed by atoms with Crippen molar-refractivity contribution < 1.29 is 4.79 Å². The highest BCUT2D eigenvalue weighted by Gasteiger charge is 2.26. The second kappa shape index (κ2) is 4.75. The van der Waals surface area contributed by atoms with E-state index >= 15 is 0 Å². The van der Waals surface area contributed by atoms with Crippen LogP contribution in [0.25, 0.3) is 0 Å². The molecule has 0 aliphatic carbocycles. The van der Waals surface area contributed by atoms with Crippen LogP contribution < -0.4 is 16.4 Å². The predicted molar refractivity (Wildman–Crippen MR) is 68.6 cm³/mol. The standard InChI is InChI=1S/C13H19N3O/c1-9-6-12(3-2-10(9)7-14)16-5-4-11(8-16)13(15)17/h2-3,6,11H,4-5,7-8,14H2,1H3,(H2,15,17). The molecule has 1 amide bonds. The maximum absolute atomic E-state index is 11.1. The zero-order valence-electron chi connectivity index (χ0n) is 10.1. The second-order valence-corrected chi connectivity index (χ2v) is 4.65. The summed E-state index contributed by atoms with van der Waals surface area (Å²) >= 11 is 0. The second-order valence-electron chi connectivity index (χ2n) is 4.65. The van der Waals surface area contributed by atoms with Crippen LogP contribution in [-0.2, 0) is 11.3 Å². The first kappa shape index (κ1) is 11.9. The molecule has 0 saturated carbocycles. The number of aryl methyl sites for hydroxylation is 1. The van der Waals surface area contributed by atoms with Gasteiger partial charge in [0.05, 0.1) is 5.92 Å². The Morgan fingerprint density at radius 2 is 2.29 bits per heavy atom. The van der Waals surface area contributed by atoms with E-state index in [0.717, 1.165) is 25.2 Å². The number of benzene rings is 1. The lowest BCUT2D eigenvalue weighted by Crippen LogP contribution is -2.27. The van der Waals surface area contributed by atoms with Gasteiger partial charge < -0.3 is 16.4 Å². The summed E-state index contributed by atoms with van der Waals surface area (Å²) in [7, 11) is 0. The predicted octanol–water partition coefficient (Wildman–Crippen LogP) is 0.765. The number of carbonyl (C=O) groups excluding carboxylic acids is 1. The van der Waals surface area contributed by atoms with Crippen molar-refractivity contribution in [2.24, 2.45) is 17.4 Å². The monoisotopic (exact) mass is 233 g/mol. The lowest BCUT2D eigenvalue weighted by Gasteiger charge is -2.19. The van der Waals surface area contributed by atoms with Gasteiger partial charge in [-0.15, -0.1) is 0 Å². The molecule has 1 unspecified atom stereocenters. The van der Waals surface area contributed by atoms with Gasteiger partial charge in [0, 0.05) is 25.3 Å². The summed E-state index contributed by atoms with van der Waals surface area (Å²) in [6.07, 6.45) is 0.854. The van der Waals surface area contributed by atoms with Crippen LogP contribution in [0, 0.1) is 12.8 Å². The SMILES string of the molecule is Cc1cc(N2CCC(C(N)=O)C2)ccc1CN. The molecule has 1 aromatic rings. The van der Waals surface area contributed by atoms with Gasteiger partial charge >= 0.3 is 0 Å². The fourth-order valence-corrected chi connectivity index (χ4v) is 2.33. The first-order chi connectivity index (χ1) is 8.11. The number of hydrogen-bond donors (Lipinski definition) is 2. The Morgan fingerprint density at radius 1 is 1.53 bits per heavy atom. The van der Waals surface area contributed by atoms with Gasteiger partial charge in [0.1, 0.15) is 0 Å². The zero-order valence-corrected chi connectivity index (χ0v) is 10.1. The molecular weight excluding hydrogens is 214 g/mol. The number of nitrogens with zero attached hydrogens (tertiary/aromatic N) is 1. The van der Waals surface area contributed by atoms with E-state index in [4.69, 9.17) is 11.5 Å². The van der Waals surface area contributed by atoms with Crippen LogP contribution in [0.15, 0.2) is 18.2 Å². The molecule has 1 aliphatic rings. The molecule has 0 radical (unpaired) electrons. The first-order valence-corrected chi connectivity index (χ1v) is 5.95. The van der Waals surface area contributed by atoms with Crippen LogP contribution in [0.2, 0.25) is 0 Å². The minimum Gasteiger partial charge on any atom is -0.371 e. The number of primary amides is 1. The highest BCUT2D eigenvalue weighted by atomic mass is 16.1. The third-order valence-corrected chi connectivity index (χ3v) is 3.50. The van der Waals surface area contributed by atoms with Crippen LogP contribution in [0.5, 0.6) is 0 Å². The Labute approximate surface area is 102 Å². The van der Waals surface area contributed by atoms with E-state index in [1.54, 1.807) is 0 Å².